The van der Waals surface area contributed by atoms with Gasteiger partial charge in [-0.2, -0.15) is 0 Å². The fourth-order valence-electron chi connectivity index (χ4n) is 2.07. The maximum atomic E-state index is 11.9. The maximum absolute atomic E-state index is 11.9. The van der Waals surface area contributed by atoms with E-state index >= 15 is 0 Å². The van der Waals surface area contributed by atoms with E-state index in [-0.39, 0.29) is 17.7 Å². The summed E-state index contributed by atoms with van der Waals surface area (Å²) in [6.45, 7) is 0.498. The predicted molar refractivity (Wildman–Crippen MR) is 69.3 cm³/mol. The molecule has 0 saturated heterocycles. The van der Waals surface area contributed by atoms with Crippen LogP contribution in [-0.4, -0.2) is 24.8 Å². The molecule has 0 saturated carbocycles. The molecule has 0 aliphatic carbocycles. The van der Waals surface area contributed by atoms with Gasteiger partial charge in [0, 0.05) is 39.5 Å². The molecule has 2 aromatic heterocycles. The van der Waals surface area contributed by atoms with Crippen LogP contribution in [0.25, 0.3) is 10.9 Å². The molecule has 2 rings (SSSR count). The van der Waals surface area contributed by atoms with Gasteiger partial charge in [0.05, 0.1) is 10.9 Å². The molecule has 7 heteroatoms. The van der Waals surface area contributed by atoms with Gasteiger partial charge in [0.15, 0.2) is 0 Å². The van der Waals surface area contributed by atoms with E-state index in [2.05, 4.69) is 0 Å². The second kappa shape index (κ2) is 4.75. The fourth-order valence-corrected chi connectivity index (χ4v) is 2.07. The van der Waals surface area contributed by atoms with Gasteiger partial charge in [-0.05, 0) is 6.42 Å². The summed E-state index contributed by atoms with van der Waals surface area (Å²) in [5.41, 5.74) is -0.153. The van der Waals surface area contributed by atoms with E-state index in [0.29, 0.717) is 23.9 Å². The van der Waals surface area contributed by atoms with Gasteiger partial charge in [0.2, 0.25) is 0 Å². The predicted octanol–water partition coefficient (Wildman–Crippen LogP) is -0.0965. The van der Waals surface area contributed by atoms with Gasteiger partial charge in [0.25, 0.3) is 5.56 Å². The third kappa shape index (κ3) is 2.31. The molecule has 0 aliphatic rings. The van der Waals surface area contributed by atoms with Crippen LogP contribution in [0.1, 0.15) is 12.8 Å². The number of carboxylic acid groups (broad SMARTS) is 1. The molecule has 0 spiro atoms. The van der Waals surface area contributed by atoms with E-state index in [1.165, 1.54) is 11.6 Å². The molecule has 102 valence electrons. The average molecular weight is 265 g/mol. The Labute approximate surface area is 108 Å². The molecule has 0 bridgehead atoms. The van der Waals surface area contributed by atoms with Crippen LogP contribution in [0, 0.1) is 0 Å². The number of aryl methyl sites for hydroxylation is 2. The van der Waals surface area contributed by atoms with Crippen molar-refractivity contribution in [2.75, 3.05) is 0 Å². The zero-order valence-corrected chi connectivity index (χ0v) is 10.8. The van der Waals surface area contributed by atoms with Gasteiger partial charge < -0.3 is 9.67 Å². The fraction of sp³-hybridized carbons (Fsp3) is 0.417. The SMILES string of the molecule is Cn1c(=O)c2cn(CCCC(=O)O)cc2n(C)c1=O. The molecule has 0 radical (unpaired) electrons. The highest BCUT2D eigenvalue weighted by atomic mass is 16.4. The van der Waals surface area contributed by atoms with Crippen LogP contribution in [-0.2, 0) is 25.4 Å². The van der Waals surface area contributed by atoms with Crippen LogP contribution in [0.3, 0.4) is 0 Å². The van der Waals surface area contributed by atoms with Crippen LogP contribution in [0.15, 0.2) is 22.0 Å². The summed E-state index contributed by atoms with van der Waals surface area (Å²) in [4.78, 5) is 34.1. The molecule has 2 heterocycles. The Hall–Kier alpha value is -2.31. The summed E-state index contributed by atoms with van der Waals surface area (Å²) in [7, 11) is 3.04. The summed E-state index contributed by atoms with van der Waals surface area (Å²) in [5.74, 6) is -0.847. The summed E-state index contributed by atoms with van der Waals surface area (Å²) >= 11 is 0. The first-order chi connectivity index (χ1) is 8.91. The molecule has 0 aromatic carbocycles. The molecule has 7 nitrogen and oxygen atoms in total. The van der Waals surface area contributed by atoms with Crippen molar-refractivity contribution in [3.8, 4) is 0 Å². The molecule has 2 aromatic rings. The zero-order valence-electron chi connectivity index (χ0n) is 10.8. The van der Waals surface area contributed by atoms with E-state index in [4.69, 9.17) is 5.11 Å². The first-order valence-corrected chi connectivity index (χ1v) is 5.89. The number of hydrogen-bond donors (Lipinski definition) is 1. The Morgan fingerprint density at radius 3 is 2.53 bits per heavy atom. The number of aliphatic carboxylic acids is 1. The van der Waals surface area contributed by atoms with Gasteiger partial charge >= 0.3 is 11.7 Å². The molecule has 0 atom stereocenters. The second-order valence-corrected chi connectivity index (χ2v) is 4.50. The highest BCUT2D eigenvalue weighted by Crippen LogP contribution is 2.09. The normalized spacial score (nSPS) is 11.1. The van der Waals surface area contributed by atoms with Crippen LogP contribution >= 0.6 is 0 Å². The molecule has 0 unspecified atom stereocenters. The Bertz CT molecular complexity index is 751. The molecular formula is C12H15N3O4. The largest absolute Gasteiger partial charge is 0.481 e. The highest BCUT2D eigenvalue weighted by molar-refractivity contribution is 5.77. The van der Waals surface area contributed by atoms with Crippen molar-refractivity contribution in [2.45, 2.75) is 19.4 Å². The highest BCUT2D eigenvalue weighted by Gasteiger charge is 2.10. The van der Waals surface area contributed by atoms with Crippen molar-refractivity contribution in [3.05, 3.63) is 33.2 Å². The van der Waals surface area contributed by atoms with E-state index in [0.717, 1.165) is 4.57 Å². The summed E-state index contributed by atoms with van der Waals surface area (Å²) in [5, 5.41) is 9.04. The van der Waals surface area contributed by atoms with Gasteiger partial charge in [-0.3, -0.25) is 18.7 Å². The van der Waals surface area contributed by atoms with E-state index in [1.54, 1.807) is 24.0 Å². The Morgan fingerprint density at radius 2 is 1.89 bits per heavy atom. The Balaban J connectivity index is 2.44. The smallest absolute Gasteiger partial charge is 0.330 e. The van der Waals surface area contributed by atoms with E-state index < -0.39 is 5.97 Å². The van der Waals surface area contributed by atoms with Crippen molar-refractivity contribution in [2.24, 2.45) is 14.1 Å². The first-order valence-electron chi connectivity index (χ1n) is 5.89. The van der Waals surface area contributed by atoms with Gasteiger partial charge in [-0.1, -0.05) is 0 Å². The zero-order chi connectivity index (χ0) is 14.2. The Morgan fingerprint density at radius 1 is 1.21 bits per heavy atom. The van der Waals surface area contributed by atoms with Crippen molar-refractivity contribution in [1.29, 1.82) is 0 Å². The summed E-state index contributed by atoms with van der Waals surface area (Å²) in [6.07, 6.45) is 3.90. The van der Waals surface area contributed by atoms with Crippen LogP contribution < -0.4 is 11.2 Å². The average Bonchev–Trinajstić information content (AvgIpc) is 2.77. The standard InChI is InChI=1S/C12H15N3O4/c1-13-9-7-15(5-3-4-10(16)17)6-8(9)11(18)14(2)12(13)19/h6-7H,3-5H2,1-2H3,(H,16,17). The molecule has 0 aliphatic heterocycles. The number of nitrogens with zero attached hydrogens (tertiary/aromatic N) is 3. The molecule has 19 heavy (non-hydrogen) atoms. The quantitative estimate of drug-likeness (QED) is 0.836. The lowest BCUT2D eigenvalue weighted by Gasteiger charge is -2.02. The van der Waals surface area contributed by atoms with E-state index in [1.807, 2.05) is 0 Å². The Kier molecular flexibility index (Phi) is 3.28. The van der Waals surface area contributed by atoms with Gasteiger partial charge in [-0.25, -0.2) is 4.79 Å². The minimum atomic E-state index is -0.847. The van der Waals surface area contributed by atoms with Crippen molar-refractivity contribution in [1.82, 2.24) is 13.7 Å². The number of aromatic nitrogens is 3. The second-order valence-electron chi connectivity index (χ2n) is 4.50. The maximum Gasteiger partial charge on any atom is 0.330 e. The minimum Gasteiger partial charge on any atom is -0.481 e. The lowest BCUT2D eigenvalue weighted by Crippen LogP contribution is -2.36. The first kappa shape index (κ1) is 13.1. The minimum absolute atomic E-state index is 0.0749. The monoisotopic (exact) mass is 265 g/mol. The van der Waals surface area contributed by atoms with Crippen LogP contribution in [0.5, 0.6) is 0 Å². The lowest BCUT2D eigenvalue weighted by atomic mass is 10.3. The molecule has 0 fully saturated rings. The third-order valence-corrected chi connectivity index (χ3v) is 3.14. The molecule has 1 N–H and O–H groups in total. The van der Waals surface area contributed by atoms with Crippen molar-refractivity contribution < 1.29 is 9.90 Å². The van der Waals surface area contributed by atoms with Crippen molar-refractivity contribution >= 4 is 16.9 Å². The summed E-state index contributed by atoms with van der Waals surface area (Å²) < 4.78 is 4.21. The summed E-state index contributed by atoms with van der Waals surface area (Å²) in [6, 6.07) is 0. The number of hydrogen-bond acceptors (Lipinski definition) is 3. The van der Waals surface area contributed by atoms with Crippen LogP contribution in [0.4, 0.5) is 0 Å². The number of carboxylic acids is 1. The lowest BCUT2D eigenvalue weighted by molar-refractivity contribution is -0.137. The van der Waals surface area contributed by atoms with Crippen molar-refractivity contribution in [3.63, 3.8) is 0 Å². The number of fused-ring (bicyclic) bond motifs is 1. The molecule has 0 amide bonds. The third-order valence-electron chi connectivity index (χ3n) is 3.14. The van der Waals surface area contributed by atoms with Gasteiger partial charge in [0.1, 0.15) is 0 Å². The van der Waals surface area contributed by atoms with Gasteiger partial charge in [-0.15, -0.1) is 0 Å². The number of rotatable bonds is 4. The van der Waals surface area contributed by atoms with E-state index in [9.17, 15) is 14.4 Å². The number of carbonyl (C=O) groups is 1. The topological polar surface area (TPSA) is 86.2 Å². The van der Waals surface area contributed by atoms with Crippen LogP contribution in [0.2, 0.25) is 0 Å². The molecular weight excluding hydrogens is 250 g/mol.